The molecule has 2 heteroatoms. The number of aryl methyl sites for hydroxylation is 1. The molecule has 0 saturated heterocycles. The number of rotatable bonds is 3. The van der Waals surface area contributed by atoms with Crippen LogP contribution in [-0.4, -0.2) is 13.1 Å². The molecular formula is C18H22N2. The van der Waals surface area contributed by atoms with E-state index in [1.165, 1.54) is 28.1 Å². The number of hydrogen-bond donors (Lipinski definition) is 1. The largest absolute Gasteiger partial charge is 0.342 e. The van der Waals surface area contributed by atoms with Gasteiger partial charge in [-0.1, -0.05) is 24.3 Å². The summed E-state index contributed by atoms with van der Waals surface area (Å²) in [5.74, 6) is 0. The van der Waals surface area contributed by atoms with Crippen molar-refractivity contribution in [2.24, 2.45) is 0 Å². The zero-order valence-corrected chi connectivity index (χ0v) is 12.3. The van der Waals surface area contributed by atoms with Crippen LogP contribution in [0.2, 0.25) is 0 Å². The standard InChI is InChI=1S/C18H22N2/c1-3-20(16-8-4-6-14(2)12-16)18-9-5-7-15-13-19-11-10-17(15)18/h4-9,12,19H,3,10-11,13H2,1-2H3. The van der Waals surface area contributed by atoms with Crippen LogP contribution in [-0.2, 0) is 13.0 Å². The average molecular weight is 266 g/mol. The van der Waals surface area contributed by atoms with Gasteiger partial charge < -0.3 is 10.2 Å². The molecule has 1 aliphatic heterocycles. The van der Waals surface area contributed by atoms with Crippen molar-refractivity contribution in [3.05, 3.63) is 59.2 Å². The van der Waals surface area contributed by atoms with Crippen LogP contribution in [0, 0.1) is 6.92 Å². The van der Waals surface area contributed by atoms with E-state index in [1.54, 1.807) is 0 Å². The number of hydrogen-bond acceptors (Lipinski definition) is 2. The van der Waals surface area contributed by atoms with Crippen molar-refractivity contribution >= 4 is 11.4 Å². The number of anilines is 2. The molecule has 0 fully saturated rings. The molecule has 0 radical (unpaired) electrons. The first kappa shape index (κ1) is 13.2. The zero-order chi connectivity index (χ0) is 13.9. The minimum Gasteiger partial charge on any atom is -0.342 e. The lowest BCUT2D eigenvalue weighted by atomic mass is 9.98. The maximum absolute atomic E-state index is 3.46. The Balaban J connectivity index is 2.06. The molecule has 0 aromatic heterocycles. The van der Waals surface area contributed by atoms with Gasteiger partial charge in [0.05, 0.1) is 0 Å². The molecule has 0 aliphatic carbocycles. The third-order valence-electron chi connectivity index (χ3n) is 4.04. The highest BCUT2D eigenvalue weighted by Crippen LogP contribution is 2.32. The van der Waals surface area contributed by atoms with Gasteiger partial charge in [-0.3, -0.25) is 0 Å². The Morgan fingerprint density at radius 1 is 1.15 bits per heavy atom. The van der Waals surface area contributed by atoms with Crippen LogP contribution < -0.4 is 10.2 Å². The molecule has 0 unspecified atom stereocenters. The van der Waals surface area contributed by atoms with Crippen molar-refractivity contribution in [3.63, 3.8) is 0 Å². The van der Waals surface area contributed by atoms with Crippen LogP contribution in [0.25, 0.3) is 0 Å². The predicted molar refractivity (Wildman–Crippen MR) is 85.7 cm³/mol. The molecule has 0 bridgehead atoms. The lowest BCUT2D eigenvalue weighted by Gasteiger charge is -2.29. The number of benzene rings is 2. The van der Waals surface area contributed by atoms with E-state index in [4.69, 9.17) is 0 Å². The number of fused-ring (bicyclic) bond motifs is 1. The minimum atomic E-state index is 0.993. The minimum absolute atomic E-state index is 0.993. The summed E-state index contributed by atoms with van der Waals surface area (Å²) < 4.78 is 0. The fourth-order valence-corrected chi connectivity index (χ4v) is 3.05. The molecule has 1 heterocycles. The second kappa shape index (κ2) is 5.68. The van der Waals surface area contributed by atoms with Gasteiger partial charge in [-0.25, -0.2) is 0 Å². The third-order valence-corrected chi connectivity index (χ3v) is 4.04. The Labute approximate surface area is 121 Å². The Morgan fingerprint density at radius 3 is 2.80 bits per heavy atom. The fraction of sp³-hybridized carbons (Fsp3) is 0.333. The Hall–Kier alpha value is -1.80. The Morgan fingerprint density at radius 2 is 2.00 bits per heavy atom. The summed E-state index contributed by atoms with van der Waals surface area (Å²) in [5, 5.41) is 3.46. The maximum atomic E-state index is 3.46. The van der Waals surface area contributed by atoms with E-state index in [9.17, 15) is 0 Å². The fourth-order valence-electron chi connectivity index (χ4n) is 3.05. The van der Waals surface area contributed by atoms with Crippen molar-refractivity contribution in [2.75, 3.05) is 18.0 Å². The van der Waals surface area contributed by atoms with Gasteiger partial charge in [-0.15, -0.1) is 0 Å². The Kier molecular flexibility index (Phi) is 3.75. The molecule has 20 heavy (non-hydrogen) atoms. The maximum Gasteiger partial charge on any atom is 0.0446 e. The summed E-state index contributed by atoms with van der Waals surface area (Å²) in [6.45, 7) is 7.45. The van der Waals surface area contributed by atoms with E-state index < -0.39 is 0 Å². The highest BCUT2D eigenvalue weighted by molar-refractivity contribution is 5.68. The van der Waals surface area contributed by atoms with E-state index >= 15 is 0 Å². The molecular weight excluding hydrogens is 244 g/mol. The van der Waals surface area contributed by atoms with Crippen LogP contribution in [0.3, 0.4) is 0 Å². The summed E-state index contributed by atoms with van der Waals surface area (Å²) >= 11 is 0. The molecule has 1 aliphatic rings. The SMILES string of the molecule is CCN(c1cccc(C)c1)c1cccc2c1CCNC2. The molecule has 0 spiro atoms. The normalized spacial score (nSPS) is 13.9. The molecule has 104 valence electrons. The smallest absolute Gasteiger partial charge is 0.0446 e. The van der Waals surface area contributed by atoms with Gasteiger partial charge >= 0.3 is 0 Å². The van der Waals surface area contributed by atoms with Crippen LogP contribution >= 0.6 is 0 Å². The van der Waals surface area contributed by atoms with Crippen LogP contribution in [0.1, 0.15) is 23.6 Å². The van der Waals surface area contributed by atoms with E-state index in [2.05, 4.69) is 66.5 Å². The molecule has 0 saturated carbocycles. The predicted octanol–water partition coefficient (Wildman–Crippen LogP) is 3.80. The summed E-state index contributed by atoms with van der Waals surface area (Å²) in [5.41, 5.74) is 6.93. The number of nitrogens with one attached hydrogen (secondary N) is 1. The molecule has 2 aromatic rings. The lowest BCUT2D eigenvalue weighted by molar-refractivity contribution is 0.643. The molecule has 0 amide bonds. The van der Waals surface area contributed by atoms with Crippen molar-refractivity contribution in [2.45, 2.75) is 26.8 Å². The van der Waals surface area contributed by atoms with E-state index in [1.807, 2.05) is 0 Å². The highest BCUT2D eigenvalue weighted by Gasteiger charge is 2.17. The van der Waals surface area contributed by atoms with Gasteiger partial charge in [0.25, 0.3) is 0 Å². The summed E-state index contributed by atoms with van der Waals surface area (Å²) in [7, 11) is 0. The lowest BCUT2D eigenvalue weighted by Crippen LogP contribution is -2.26. The first-order valence-corrected chi connectivity index (χ1v) is 7.45. The monoisotopic (exact) mass is 266 g/mol. The second-order valence-corrected chi connectivity index (χ2v) is 5.42. The molecule has 2 nitrogen and oxygen atoms in total. The van der Waals surface area contributed by atoms with Gasteiger partial charge in [0.2, 0.25) is 0 Å². The van der Waals surface area contributed by atoms with Gasteiger partial charge in [-0.05, 0) is 61.7 Å². The summed E-state index contributed by atoms with van der Waals surface area (Å²) in [4.78, 5) is 2.43. The highest BCUT2D eigenvalue weighted by atomic mass is 15.1. The van der Waals surface area contributed by atoms with Crippen LogP contribution in [0.4, 0.5) is 11.4 Å². The first-order valence-electron chi connectivity index (χ1n) is 7.45. The van der Waals surface area contributed by atoms with E-state index in [-0.39, 0.29) is 0 Å². The number of nitrogens with zero attached hydrogens (tertiary/aromatic N) is 1. The zero-order valence-electron chi connectivity index (χ0n) is 12.3. The van der Waals surface area contributed by atoms with Gasteiger partial charge in [0.15, 0.2) is 0 Å². The molecule has 1 N–H and O–H groups in total. The van der Waals surface area contributed by atoms with Crippen molar-refractivity contribution in [3.8, 4) is 0 Å². The second-order valence-electron chi connectivity index (χ2n) is 5.42. The van der Waals surface area contributed by atoms with Crippen molar-refractivity contribution in [1.82, 2.24) is 5.32 Å². The van der Waals surface area contributed by atoms with E-state index in [0.29, 0.717) is 0 Å². The Bertz CT molecular complexity index is 604. The molecule has 0 atom stereocenters. The van der Waals surface area contributed by atoms with Gasteiger partial charge in [-0.2, -0.15) is 0 Å². The first-order chi connectivity index (χ1) is 9.79. The van der Waals surface area contributed by atoms with Crippen molar-refractivity contribution < 1.29 is 0 Å². The molecule has 2 aromatic carbocycles. The van der Waals surface area contributed by atoms with Crippen LogP contribution in [0.15, 0.2) is 42.5 Å². The summed E-state index contributed by atoms with van der Waals surface area (Å²) in [6.07, 6.45) is 1.12. The van der Waals surface area contributed by atoms with Crippen molar-refractivity contribution in [1.29, 1.82) is 0 Å². The topological polar surface area (TPSA) is 15.3 Å². The van der Waals surface area contributed by atoms with Gasteiger partial charge in [0.1, 0.15) is 0 Å². The summed E-state index contributed by atoms with van der Waals surface area (Å²) in [6, 6.07) is 15.5. The third kappa shape index (κ3) is 2.44. The average Bonchev–Trinajstić information content (AvgIpc) is 2.48. The van der Waals surface area contributed by atoms with Crippen LogP contribution in [0.5, 0.6) is 0 Å². The quantitative estimate of drug-likeness (QED) is 0.909. The van der Waals surface area contributed by atoms with Gasteiger partial charge in [0, 0.05) is 24.5 Å². The molecule has 3 rings (SSSR count). The van der Waals surface area contributed by atoms with E-state index in [0.717, 1.165) is 26.1 Å².